The molecule has 1 fully saturated rings. The van der Waals surface area contributed by atoms with Crippen molar-refractivity contribution < 1.29 is 4.74 Å². The zero-order chi connectivity index (χ0) is 12.3. The lowest BCUT2D eigenvalue weighted by atomic mass is 9.96. The highest BCUT2D eigenvalue weighted by atomic mass is 16.5. The van der Waals surface area contributed by atoms with Crippen LogP contribution in [0.15, 0.2) is 18.3 Å². The van der Waals surface area contributed by atoms with Crippen molar-refractivity contribution in [1.29, 1.82) is 0 Å². The highest BCUT2D eigenvalue weighted by Crippen LogP contribution is 2.26. The third-order valence-corrected chi connectivity index (χ3v) is 2.99. The van der Waals surface area contributed by atoms with Gasteiger partial charge in [-0.2, -0.15) is 0 Å². The molecule has 0 bridgehead atoms. The fourth-order valence-electron chi connectivity index (χ4n) is 1.67. The van der Waals surface area contributed by atoms with Crippen molar-refractivity contribution in [2.75, 3.05) is 0 Å². The van der Waals surface area contributed by atoms with Crippen molar-refractivity contribution in [1.82, 2.24) is 10.3 Å². The Bertz CT molecular complexity index is 367. The van der Waals surface area contributed by atoms with E-state index in [4.69, 9.17) is 4.74 Å². The summed E-state index contributed by atoms with van der Waals surface area (Å²) < 4.78 is 5.90. The van der Waals surface area contributed by atoms with Crippen LogP contribution in [0.3, 0.4) is 0 Å². The first kappa shape index (κ1) is 12.4. The topological polar surface area (TPSA) is 34.2 Å². The van der Waals surface area contributed by atoms with Crippen LogP contribution in [0.5, 0.6) is 5.88 Å². The maximum atomic E-state index is 5.90. The van der Waals surface area contributed by atoms with Gasteiger partial charge >= 0.3 is 0 Å². The number of hydrogen-bond donors (Lipinski definition) is 1. The summed E-state index contributed by atoms with van der Waals surface area (Å²) in [5.74, 6) is 0.800. The van der Waals surface area contributed by atoms with Crippen LogP contribution in [-0.4, -0.2) is 16.6 Å². The van der Waals surface area contributed by atoms with E-state index in [1.165, 1.54) is 19.3 Å². The van der Waals surface area contributed by atoms with Gasteiger partial charge in [-0.25, -0.2) is 4.98 Å². The van der Waals surface area contributed by atoms with E-state index in [0.29, 0.717) is 6.10 Å². The highest BCUT2D eigenvalue weighted by Gasteiger charge is 2.21. The fraction of sp³-hybridized carbons (Fsp3) is 0.643. The predicted molar refractivity (Wildman–Crippen MR) is 69.1 cm³/mol. The molecule has 3 heteroatoms. The molecule has 1 saturated carbocycles. The molecule has 0 atom stereocenters. The Morgan fingerprint density at radius 1 is 1.41 bits per heavy atom. The molecule has 1 aliphatic rings. The van der Waals surface area contributed by atoms with Crippen LogP contribution in [0, 0.1) is 0 Å². The second kappa shape index (κ2) is 5.05. The molecule has 1 aromatic rings. The molecule has 0 spiro atoms. The maximum Gasteiger partial charge on any atom is 0.218 e. The Hall–Kier alpha value is -1.09. The molecule has 0 aromatic carbocycles. The number of pyridine rings is 1. The van der Waals surface area contributed by atoms with E-state index < -0.39 is 0 Å². The van der Waals surface area contributed by atoms with E-state index >= 15 is 0 Å². The molecule has 0 radical (unpaired) electrons. The third-order valence-electron chi connectivity index (χ3n) is 2.99. The van der Waals surface area contributed by atoms with Crippen LogP contribution < -0.4 is 10.1 Å². The van der Waals surface area contributed by atoms with Crippen molar-refractivity contribution >= 4 is 0 Å². The van der Waals surface area contributed by atoms with Crippen molar-refractivity contribution in [2.45, 2.75) is 58.2 Å². The Balaban J connectivity index is 1.99. The fourth-order valence-corrected chi connectivity index (χ4v) is 1.67. The average Bonchev–Trinajstić information content (AvgIpc) is 2.21. The van der Waals surface area contributed by atoms with Crippen LogP contribution in [-0.2, 0) is 6.54 Å². The second-order valence-electron chi connectivity index (χ2n) is 5.74. The van der Waals surface area contributed by atoms with E-state index in [1.54, 1.807) is 6.20 Å². The van der Waals surface area contributed by atoms with Crippen molar-refractivity contribution in [3.63, 3.8) is 0 Å². The number of aromatic nitrogens is 1. The monoisotopic (exact) mass is 234 g/mol. The third kappa shape index (κ3) is 3.70. The molecule has 0 unspecified atom stereocenters. The number of ether oxygens (including phenoxy) is 1. The molecule has 17 heavy (non-hydrogen) atoms. The van der Waals surface area contributed by atoms with Gasteiger partial charge in [0, 0.05) is 23.8 Å². The van der Waals surface area contributed by atoms with Gasteiger partial charge in [-0.15, -0.1) is 0 Å². The van der Waals surface area contributed by atoms with E-state index in [-0.39, 0.29) is 5.54 Å². The number of rotatable bonds is 4. The minimum atomic E-state index is 0.115. The molecule has 2 rings (SSSR count). The average molecular weight is 234 g/mol. The van der Waals surface area contributed by atoms with E-state index in [9.17, 15) is 0 Å². The van der Waals surface area contributed by atoms with Gasteiger partial charge in [0.2, 0.25) is 5.88 Å². The number of nitrogens with one attached hydrogen (secondary N) is 1. The molecule has 94 valence electrons. The van der Waals surface area contributed by atoms with Gasteiger partial charge in [0.05, 0.1) is 0 Å². The van der Waals surface area contributed by atoms with Crippen LogP contribution >= 0.6 is 0 Å². The van der Waals surface area contributed by atoms with Crippen molar-refractivity contribution in [3.8, 4) is 5.88 Å². The summed E-state index contributed by atoms with van der Waals surface area (Å²) in [5, 5.41) is 3.47. The quantitative estimate of drug-likeness (QED) is 0.869. The molecule has 1 aliphatic carbocycles. The molecule has 0 amide bonds. The van der Waals surface area contributed by atoms with Gasteiger partial charge in [0.15, 0.2) is 0 Å². The molecule has 1 aromatic heterocycles. The van der Waals surface area contributed by atoms with Crippen molar-refractivity contribution in [3.05, 3.63) is 23.9 Å². The minimum Gasteiger partial charge on any atom is -0.474 e. The van der Waals surface area contributed by atoms with Gasteiger partial charge in [-0.05, 0) is 46.1 Å². The Kier molecular flexibility index (Phi) is 3.67. The molecule has 3 nitrogen and oxygen atoms in total. The van der Waals surface area contributed by atoms with Crippen LogP contribution in [0.1, 0.15) is 45.6 Å². The first-order valence-corrected chi connectivity index (χ1v) is 6.40. The molecule has 1 N–H and O–H groups in total. The van der Waals surface area contributed by atoms with E-state index in [0.717, 1.165) is 18.0 Å². The zero-order valence-corrected chi connectivity index (χ0v) is 11.0. The summed E-state index contributed by atoms with van der Waals surface area (Å²) in [6.07, 6.45) is 5.81. The number of hydrogen-bond acceptors (Lipinski definition) is 3. The Labute approximate surface area is 104 Å². The minimum absolute atomic E-state index is 0.115. The largest absolute Gasteiger partial charge is 0.474 e. The van der Waals surface area contributed by atoms with Crippen LogP contribution in [0.25, 0.3) is 0 Å². The summed E-state index contributed by atoms with van der Waals surface area (Å²) in [4.78, 5) is 4.34. The lowest BCUT2D eigenvalue weighted by Gasteiger charge is -2.27. The highest BCUT2D eigenvalue weighted by molar-refractivity contribution is 5.25. The zero-order valence-electron chi connectivity index (χ0n) is 11.0. The molecule has 1 heterocycles. The first-order valence-electron chi connectivity index (χ1n) is 6.40. The summed E-state index contributed by atoms with van der Waals surface area (Å²) in [7, 11) is 0. The van der Waals surface area contributed by atoms with Gasteiger partial charge in [0.1, 0.15) is 6.10 Å². The van der Waals surface area contributed by atoms with Gasteiger partial charge in [0.25, 0.3) is 0 Å². The van der Waals surface area contributed by atoms with Gasteiger partial charge in [-0.3, -0.25) is 0 Å². The second-order valence-corrected chi connectivity index (χ2v) is 5.74. The summed E-state index contributed by atoms with van der Waals surface area (Å²) in [6, 6.07) is 4.05. The van der Waals surface area contributed by atoms with Crippen molar-refractivity contribution in [2.24, 2.45) is 0 Å². The lowest BCUT2D eigenvalue weighted by Crippen LogP contribution is -2.35. The normalized spacial score (nSPS) is 16.6. The van der Waals surface area contributed by atoms with Crippen LogP contribution in [0.2, 0.25) is 0 Å². The smallest absolute Gasteiger partial charge is 0.218 e. The molecule has 0 saturated heterocycles. The molecular weight excluding hydrogens is 212 g/mol. The Morgan fingerprint density at radius 2 is 2.18 bits per heavy atom. The predicted octanol–water partition coefficient (Wildman–Crippen LogP) is 2.90. The van der Waals surface area contributed by atoms with Gasteiger partial charge < -0.3 is 10.1 Å². The number of nitrogens with zero attached hydrogens (tertiary/aromatic N) is 1. The lowest BCUT2D eigenvalue weighted by molar-refractivity contribution is 0.113. The van der Waals surface area contributed by atoms with Crippen LogP contribution in [0.4, 0.5) is 0 Å². The first-order chi connectivity index (χ1) is 8.04. The maximum absolute atomic E-state index is 5.90. The molecule has 0 aliphatic heterocycles. The summed E-state index contributed by atoms with van der Waals surface area (Å²) in [6.45, 7) is 7.29. The Morgan fingerprint density at radius 3 is 2.76 bits per heavy atom. The summed E-state index contributed by atoms with van der Waals surface area (Å²) in [5.41, 5.74) is 1.26. The standard InChI is InChI=1S/C14H22N2O/c1-14(2,3)16-10-11-6-5-9-15-13(11)17-12-7-4-8-12/h5-6,9,12,16H,4,7-8,10H2,1-3H3. The summed E-state index contributed by atoms with van der Waals surface area (Å²) >= 11 is 0. The van der Waals surface area contributed by atoms with Gasteiger partial charge in [-0.1, -0.05) is 6.07 Å². The molecular formula is C14H22N2O. The SMILES string of the molecule is CC(C)(C)NCc1cccnc1OC1CCC1. The van der Waals surface area contributed by atoms with E-state index in [2.05, 4.69) is 37.1 Å². The van der Waals surface area contributed by atoms with E-state index in [1.807, 2.05) is 6.07 Å².